The highest BCUT2D eigenvalue weighted by Crippen LogP contribution is 2.17. The van der Waals surface area contributed by atoms with Crippen LogP contribution in [0, 0.1) is 18.3 Å². The molecular weight excluding hydrogens is 214 g/mol. The molecule has 0 aliphatic heterocycles. The predicted octanol–water partition coefficient (Wildman–Crippen LogP) is 3.36. The van der Waals surface area contributed by atoms with Gasteiger partial charge in [0, 0.05) is 11.5 Å². The van der Waals surface area contributed by atoms with E-state index >= 15 is 0 Å². The number of benzene rings is 1. The second kappa shape index (κ2) is 5.95. The molecule has 0 saturated heterocycles. The predicted molar refractivity (Wildman–Crippen MR) is 62.6 cm³/mol. The van der Waals surface area contributed by atoms with Crippen molar-refractivity contribution in [1.29, 1.82) is 5.26 Å². The van der Waals surface area contributed by atoms with Gasteiger partial charge in [-0.2, -0.15) is 17.0 Å². The molecular formula is C11H12ClNS. The third-order valence-corrected chi connectivity index (χ3v) is 3.44. The van der Waals surface area contributed by atoms with Gasteiger partial charge in [0.05, 0.1) is 6.07 Å². The van der Waals surface area contributed by atoms with Crippen LogP contribution in [0.15, 0.2) is 24.3 Å². The number of hydrogen-bond acceptors (Lipinski definition) is 2. The Balaban J connectivity index is 2.40. The summed E-state index contributed by atoms with van der Waals surface area (Å²) in [5.41, 5.74) is 2.61. The Labute approximate surface area is 94.1 Å². The van der Waals surface area contributed by atoms with Crippen LogP contribution in [-0.2, 0) is 5.75 Å². The molecule has 0 radical (unpaired) electrons. The number of nitrogens with zero attached hydrogens (tertiary/aromatic N) is 1. The first kappa shape index (κ1) is 11.4. The summed E-state index contributed by atoms with van der Waals surface area (Å²) in [5.74, 6) is 1.62. The minimum Gasteiger partial charge on any atom is -0.197 e. The zero-order valence-electron chi connectivity index (χ0n) is 8.03. The fourth-order valence-corrected chi connectivity index (χ4v) is 2.29. The first-order valence-corrected chi connectivity index (χ1v) is 5.99. The Kier molecular flexibility index (Phi) is 4.86. The molecule has 1 nitrogen and oxygen atoms in total. The van der Waals surface area contributed by atoms with Gasteiger partial charge in [0.2, 0.25) is 0 Å². The first-order chi connectivity index (χ1) is 6.74. The van der Waals surface area contributed by atoms with Gasteiger partial charge in [-0.1, -0.05) is 24.3 Å². The molecule has 0 aliphatic carbocycles. The van der Waals surface area contributed by atoms with E-state index in [0.29, 0.717) is 5.75 Å². The number of halogens is 1. The summed E-state index contributed by atoms with van der Waals surface area (Å²) in [7, 11) is 0. The molecule has 14 heavy (non-hydrogen) atoms. The van der Waals surface area contributed by atoms with E-state index in [1.165, 1.54) is 11.1 Å². The van der Waals surface area contributed by atoms with Crippen molar-refractivity contribution in [2.75, 3.05) is 5.75 Å². The maximum absolute atomic E-state index is 8.49. The van der Waals surface area contributed by atoms with Gasteiger partial charge in [-0.15, -0.1) is 11.6 Å². The number of alkyl halides is 1. The van der Waals surface area contributed by atoms with Crippen molar-refractivity contribution in [2.24, 2.45) is 0 Å². The quantitative estimate of drug-likeness (QED) is 0.734. The van der Waals surface area contributed by atoms with E-state index in [2.05, 4.69) is 19.1 Å². The molecule has 0 aromatic heterocycles. The van der Waals surface area contributed by atoms with Crippen molar-refractivity contribution in [3.8, 4) is 6.07 Å². The van der Waals surface area contributed by atoms with Crippen LogP contribution in [0.4, 0.5) is 0 Å². The summed E-state index contributed by atoms with van der Waals surface area (Å²) >= 11 is 7.39. The van der Waals surface area contributed by atoms with Crippen LogP contribution in [0.3, 0.4) is 0 Å². The van der Waals surface area contributed by atoms with Crippen LogP contribution in [0.5, 0.6) is 0 Å². The smallest absolute Gasteiger partial charge is 0.129 e. The molecule has 1 rings (SSSR count). The maximum Gasteiger partial charge on any atom is 0.129 e. The molecule has 0 amide bonds. The lowest BCUT2D eigenvalue weighted by Crippen LogP contribution is -1.98. The molecule has 74 valence electrons. The van der Waals surface area contributed by atoms with Gasteiger partial charge < -0.3 is 0 Å². The van der Waals surface area contributed by atoms with Gasteiger partial charge in [0.15, 0.2) is 0 Å². The molecule has 1 atom stereocenters. The van der Waals surface area contributed by atoms with Gasteiger partial charge >= 0.3 is 0 Å². The average Bonchev–Trinajstić information content (AvgIpc) is 2.20. The van der Waals surface area contributed by atoms with Crippen LogP contribution in [0.2, 0.25) is 0 Å². The highest BCUT2D eigenvalue weighted by molar-refractivity contribution is 7.98. The van der Waals surface area contributed by atoms with Gasteiger partial charge in [-0.3, -0.25) is 0 Å². The van der Waals surface area contributed by atoms with Gasteiger partial charge in [0.1, 0.15) is 5.38 Å². The Morgan fingerprint density at radius 2 is 2.21 bits per heavy atom. The summed E-state index contributed by atoms with van der Waals surface area (Å²) in [5, 5.41) is 8.12. The van der Waals surface area contributed by atoms with Crippen molar-refractivity contribution in [2.45, 2.75) is 18.1 Å². The molecule has 0 heterocycles. The molecule has 1 aromatic rings. The van der Waals surface area contributed by atoms with Crippen molar-refractivity contribution in [3.63, 3.8) is 0 Å². The Bertz CT molecular complexity index is 332. The lowest BCUT2D eigenvalue weighted by molar-refractivity contribution is 1.23. The Hall–Kier alpha value is -0.650. The highest BCUT2D eigenvalue weighted by Gasteiger charge is 2.03. The van der Waals surface area contributed by atoms with Crippen molar-refractivity contribution in [1.82, 2.24) is 0 Å². The molecule has 0 aliphatic rings. The SMILES string of the molecule is Cc1ccccc1CSCC(Cl)C#N. The third kappa shape index (κ3) is 3.61. The van der Waals surface area contributed by atoms with Gasteiger partial charge in [-0.25, -0.2) is 0 Å². The topological polar surface area (TPSA) is 23.8 Å². The number of thioether (sulfide) groups is 1. The third-order valence-electron chi connectivity index (χ3n) is 1.92. The van der Waals surface area contributed by atoms with E-state index in [1.807, 2.05) is 18.2 Å². The summed E-state index contributed by atoms with van der Waals surface area (Å²) < 4.78 is 0. The lowest BCUT2D eigenvalue weighted by atomic mass is 10.1. The second-order valence-electron chi connectivity index (χ2n) is 3.04. The van der Waals surface area contributed by atoms with E-state index in [1.54, 1.807) is 11.8 Å². The number of nitriles is 1. The lowest BCUT2D eigenvalue weighted by Gasteiger charge is -2.04. The average molecular weight is 226 g/mol. The second-order valence-corrected chi connectivity index (χ2v) is 4.60. The van der Waals surface area contributed by atoms with Gasteiger partial charge in [-0.05, 0) is 18.1 Å². The molecule has 1 aromatic carbocycles. The standard InChI is InChI=1S/C11H12ClNS/c1-9-4-2-3-5-10(9)7-14-8-11(12)6-13/h2-5,11H,7-8H2,1H3. The Morgan fingerprint density at radius 3 is 2.86 bits per heavy atom. The zero-order valence-corrected chi connectivity index (χ0v) is 9.61. The monoisotopic (exact) mass is 225 g/mol. The fourth-order valence-electron chi connectivity index (χ4n) is 1.08. The van der Waals surface area contributed by atoms with Crippen LogP contribution in [0.25, 0.3) is 0 Å². The fraction of sp³-hybridized carbons (Fsp3) is 0.364. The minimum absolute atomic E-state index is 0.371. The number of rotatable bonds is 4. The van der Waals surface area contributed by atoms with E-state index < -0.39 is 0 Å². The van der Waals surface area contributed by atoms with E-state index in [-0.39, 0.29) is 5.38 Å². The molecule has 0 bridgehead atoms. The van der Waals surface area contributed by atoms with E-state index in [4.69, 9.17) is 16.9 Å². The van der Waals surface area contributed by atoms with E-state index in [9.17, 15) is 0 Å². The zero-order chi connectivity index (χ0) is 10.4. The van der Waals surface area contributed by atoms with Crippen molar-refractivity contribution < 1.29 is 0 Å². The number of hydrogen-bond donors (Lipinski definition) is 0. The number of aryl methyl sites for hydroxylation is 1. The van der Waals surface area contributed by atoms with Crippen LogP contribution >= 0.6 is 23.4 Å². The molecule has 0 saturated carbocycles. The highest BCUT2D eigenvalue weighted by atomic mass is 35.5. The summed E-state index contributed by atoms with van der Waals surface area (Å²) in [4.78, 5) is 0. The van der Waals surface area contributed by atoms with Crippen molar-refractivity contribution >= 4 is 23.4 Å². The maximum atomic E-state index is 8.49. The largest absolute Gasteiger partial charge is 0.197 e. The summed E-state index contributed by atoms with van der Waals surface area (Å²) in [6.07, 6.45) is 0. The molecule has 1 unspecified atom stereocenters. The Morgan fingerprint density at radius 1 is 1.50 bits per heavy atom. The van der Waals surface area contributed by atoms with Crippen LogP contribution in [0.1, 0.15) is 11.1 Å². The molecule has 3 heteroatoms. The molecule has 0 fully saturated rings. The summed E-state index contributed by atoms with van der Waals surface area (Å²) in [6, 6.07) is 10.3. The normalized spacial score (nSPS) is 12.1. The minimum atomic E-state index is -0.371. The van der Waals surface area contributed by atoms with Crippen LogP contribution < -0.4 is 0 Å². The van der Waals surface area contributed by atoms with Crippen LogP contribution in [-0.4, -0.2) is 11.1 Å². The van der Waals surface area contributed by atoms with Crippen molar-refractivity contribution in [3.05, 3.63) is 35.4 Å². The molecule has 0 N–H and O–H groups in total. The van der Waals surface area contributed by atoms with E-state index in [0.717, 1.165) is 5.75 Å². The summed E-state index contributed by atoms with van der Waals surface area (Å²) in [6.45, 7) is 2.10. The van der Waals surface area contributed by atoms with Gasteiger partial charge in [0.25, 0.3) is 0 Å². The first-order valence-electron chi connectivity index (χ1n) is 4.40. The molecule has 0 spiro atoms.